The minimum atomic E-state index is 0.307. The van der Waals surface area contributed by atoms with E-state index in [1.54, 1.807) is 6.92 Å². The summed E-state index contributed by atoms with van der Waals surface area (Å²) in [6.45, 7) is 28.2. The highest BCUT2D eigenvalue weighted by atomic mass is 16.1. The summed E-state index contributed by atoms with van der Waals surface area (Å²) in [6.07, 6.45) is 29.2. The Morgan fingerprint density at radius 3 is 2.02 bits per heavy atom. The number of ketones is 1. The van der Waals surface area contributed by atoms with Crippen molar-refractivity contribution in [2.45, 2.75) is 204 Å². The standard InChI is InChI=1S/C19H30N2.C14H29N.C10H11N.C6H12O.C2H6/c1-4-7-8-13-16(11-5-2)21-18-15-10-9-14-17(18)20-19(21)12-6-3;1-4-8-14(10-9-13(3)5-2)15-11-6-7-12-15;1-4-9-6-7(2)5-8(3)10(9)11;1-3-4-5-6(2)7;1-2/h9-10,12,14-16,20H,4-8,11,13H2,1-3H3;13-14H,4-12H2,1-3H3;1,5-6H,11H2,2-3H3;3-5H2,1-2H3;1-2H3. The number of nitrogen functional groups attached to an aromatic ring is 1. The summed E-state index contributed by atoms with van der Waals surface area (Å²) in [5.74, 6) is 5.07. The smallest absolute Gasteiger partial charge is 0.129 e. The van der Waals surface area contributed by atoms with E-state index in [4.69, 9.17) is 12.2 Å². The van der Waals surface area contributed by atoms with Gasteiger partial charge >= 0.3 is 0 Å². The van der Waals surface area contributed by atoms with Crippen molar-refractivity contribution in [2.75, 3.05) is 29.0 Å². The average Bonchev–Trinajstić information content (AvgIpc) is 3.87. The molecule has 2 aromatic rings. The third-order valence-electron chi connectivity index (χ3n) is 10.7. The van der Waals surface area contributed by atoms with Gasteiger partial charge in [0, 0.05) is 24.1 Å². The predicted molar refractivity (Wildman–Crippen MR) is 252 cm³/mol. The number of rotatable bonds is 18. The number of Topliss-reactive ketones (excluding diaryl/α,β-unsaturated/α-hetero) is 1. The van der Waals surface area contributed by atoms with Crippen molar-refractivity contribution in [3.8, 4) is 12.3 Å². The zero-order valence-electron chi connectivity index (χ0n) is 38.7. The molecule has 1 saturated heterocycles. The minimum Gasteiger partial charge on any atom is -0.398 e. The van der Waals surface area contributed by atoms with Crippen molar-refractivity contribution in [2.24, 2.45) is 5.92 Å². The summed E-state index contributed by atoms with van der Waals surface area (Å²) < 4.78 is 0. The largest absolute Gasteiger partial charge is 0.398 e. The average molecular weight is 773 g/mol. The molecule has 0 bridgehead atoms. The number of anilines is 3. The first-order valence-corrected chi connectivity index (χ1v) is 22.9. The van der Waals surface area contributed by atoms with Crippen LogP contribution in [0.25, 0.3) is 0 Å². The van der Waals surface area contributed by atoms with E-state index in [1.165, 1.54) is 114 Å². The second kappa shape index (κ2) is 32.8. The number of carbonyl (C=O) groups is 1. The molecule has 3 N–H and O–H groups in total. The third-order valence-corrected chi connectivity index (χ3v) is 10.7. The van der Waals surface area contributed by atoms with E-state index in [-0.39, 0.29) is 0 Å². The second-order valence-corrected chi connectivity index (χ2v) is 15.7. The van der Waals surface area contributed by atoms with Crippen molar-refractivity contribution in [3.63, 3.8) is 0 Å². The molecular formula is C51H88N4O. The summed E-state index contributed by atoms with van der Waals surface area (Å²) >= 11 is 0. The van der Waals surface area contributed by atoms with Crippen LogP contribution in [0.3, 0.4) is 0 Å². The van der Waals surface area contributed by atoms with Crippen LogP contribution in [0.15, 0.2) is 48.3 Å². The van der Waals surface area contributed by atoms with Gasteiger partial charge in [0.25, 0.3) is 0 Å². The first-order chi connectivity index (χ1) is 27.0. The molecule has 5 heteroatoms. The SMILES string of the molecule is C#Cc1cc(C)cc(C)c1N.CC.CCC=C1Nc2ccccc2N1C(CCC)CCCCC.CCCC(CCC(C)CC)N1CCCC1.CCCCC(C)=O. The Morgan fingerprint density at radius 2 is 1.48 bits per heavy atom. The first kappa shape index (κ1) is 52.8. The van der Waals surface area contributed by atoms with Gasteiger partial charge in [-0.2, -0.15) is 0 Å². The van der Waals surface area contributed by atoms with Gasteiger partial charge in [0.05, 0.1) is 17.1 Å². The zero-order chi connectivity index (χ0) is 42.3. The number of nitrogens with two attached hydrogens (primary N) is 1. The van der Waals surface area contributed by atoms with E-state index >= 15 is 0 Å². The molecule has 4 rings (SSSR count). The van der Waals surface area contributed by atoms with Crippen molar-refractivity contribution >= 4 is 22.8 Å². The second-order valence-electron chi connectivity index (χ2n) is 15.7. The molecule has 318 valence electrons. The lowest BCUT2D eigenvalue weighted by Gasteiger charge is -2.31. The number of hydrogen-bond acceptors (Lipinski definition) is 5. The monoisotopic (exact) mass is 773 g/mol. The molecule has 5 nitrogen and oxygen atoms in total. The number of fused-ring (bicyclic) bond motifs is 1. The molecule has 0 radical (unpaired) electrons. The fraction of sp³-hybridized carbons (Fsp3) is 0.667. The highest BCUT2D eigenvalue weighted by Crippen LogP contribution is 2.39. The summed E-state index contributed by atoms with van der Waals surface area (Å²) in [4.78, 5) is 15.5. The summed E-state index contributed by atoms with van der Waals surface area (Å²) in [5.41, 5.74) is 12.1. The fourth-order valence-electron chi connectivity index (χ4n) is 7.37. The number of nitrogens with zero attached hydrogens (tertiary/aromatic N) is 2. The highest BCUT2D eigenvalue weighted by molar-refractivity contribution is 5.81. The van der Waals surface area contributed by atoms with Crippen molar-refractivity contribution in [1.29, 1.82) is 0 Å². The van der Waals surface area contributed by atoms with E-state index in [9.17, 15) is 4.79 Å². The lowest BCUT2D eigenvalue weighted by molar-refractivity contribution is -0.117. The van der Waals surface area contributed by atoms with Crippen LogP contribution < -0.4 is 16.0 Å². The number of aryl methyl sites for hydroxylation is 2. The van der Waals surface area contributed by atoms with Gasteiger partial charge in [-0.05, 0) is 133 Å². The van der Waals surface area contributed by atoms with Crippen molar-refractivity contribution in [1.82, 2.24) is 4.90 Å². The number of nitrogens with one attached hydrogen (secondary N) is 1. The number of carbonyl (C=O) groups excluding carboxylic acids is 1. The fourth-order valence-corrected chi connectivity index (χ4v) is 7.37. The van der Waals surface area contributed by atoms with Gasteiger partial charge in [-0.15, -0.1) is 6.42 Å². The molecule has 2 heterocycles. The maximum Gasteiger partial charge on any atom is 0.129 e. The summed E-state index contributed by atoms with van der Waals surface area (Å²) in [7, 11) is 0. The van der Waals surface area contributed by atoms with E-state index in [0.29, 0.717) is 11.8 Å². The Bertz CT molecular complexity index is 1370. The van der Waals surface area contributed by atoms with Crippen LogP contribution in [0, 0.1) is 32.1 Å². The molecule has 1 fully saturated rings. The molecule has 3 unspecified atom stereocenters. The number of terminal acetylenes is 1. The zero-order valence-corrected chi connectivity index (χ0v) is 38.7. The lowest BCUT2D eigenvalue weighted by atomic mass is 9.96. The van der Waals surface area contributed by atoms with Crippen LogP contribution >= 0.6 is 0 Å². The quantitative estimate of drug-likeness (QED) is 0.0897. The molecular weight excluding hydrogens is 685 g/mol. The van der Waals surface area contributed by atoms with Crippen LogP contribution in [0.2, 0.25) is 0 Å². The summed E-state index contributed by atoms with van der Waals surface area (Å²) in [5, 5.41) is 3.60. The number of unbranched alkanes of at least 4 members (excludes halogenated alkanes) is 3. The molecule has 0 saturated carbocycles. The lowest BCUT2D eigenvalue weighted by Crippen LogP contribution is -2.33. The van der Waals surface area contributed by atoms with Gasteiger partial charge in [0.1, 0.15) is 11.6 Å². The molecule has 0 aliphatic carbocycles. The minimum absolute atomic E-state index is 0.307. The maximum atomic E-state index is 10.2. The Labute approximate surface area is 348 Å². The van der Waals surface area contributed by atoms with E-state index < -0.39 is 0 Å². The molecule has 2 aliphatic heterocycles. The van der Waals surface area contributed by atoms with E-state index in [2.05, 4.69) is 99.8 Å². The molecule has 2 aromatic carbocycles. The van der Waals surface area contributed by atoms with Crippen LogP contribution in [0.1, 0.15) is 195 Å². The normalized spacial score (nSPS) is 15.2. The Hall–Kier alpha value is -3.23. The molecule has 0 spiro atoms. The van der Waals surface area contributed by atoms with Gasteiger partial charge in [0.2, 0.25) is 0 Å². The topological polar surface area (TPSA) is 61.6 Å². The van der Waals surface area contributed by atoms with E-state index in [0.717, 1.165) is 60.0 Å². The van der Waals surface area contributed by atoms with Crippen molar-refractivity contribution in [3.05, 3.63) is 65.0 Å². The third kappa shape index (κ3) is 20.8. The predicted octanol–water partition coefficient (Wildman–Crippen LogP) is 14.7. The number of hydrogen-bond donors (Lipinski definition) is 2. The molecule has 0 aromatic heterocycles. The van der Waals surface area contributed by atoms with Gasteiger partial charge in [0.15, 0.2) is 0 Å². The first-order valence-electron chi connectivity index (χ1n) is 22.9. The van der Waals surface area contributed by atoms with Gasteiger partial charge in [-0.1, -0.05) is 131 Å². The molecule has 3 atom stereocenters. The van der Waals surface area contributed by atoms with Crippen molar-refractivity contribution < 1.29 is 4.79 Å². The van der Waals surface area contributed by atoms with Crippen LogP contribution in [0.4, 0.5) is 17.1 Å². The number of likely N-dealkylation sites (tertiary alicyclic amines) is 1. The Balaban J connectivity index is 0.000000759. The van der Waals surface area contributed by atoms with Gasteiger partial charge in [-0.3, -0.25) is 0 Å². The van der Waals surface area contributed by atoms with Crippen LogP contribution in [-0.4, -0.2) is 35.9 Å². The van der Waals surface area contributed by atoms with Crippen LogP contribution in [-0.2, 0) is 4.79 Å². The van der Waals surface area contributed by atoms with Crippen LogP contribution in [0.5, 0.6) is 0 Å². The summed E-state index contributed by atoms with van der Waals surface area (Å²) in [6, 6.07) is 14.2. The molecule has 56 heavy (non-hydrogen) atoms. The molecule has 2 aliphatic rings. The Morgan fingerprint density at radius 1 is 0.857 bits per heavy atom. The molecule has 0 amide bonds. The van der Waals surface area contributed by atoms with Gasteiger partial charge in [-0.25, -0.2) is 0 Å². The Kier molecular flexibility index (Phi) is 30.9. The highest BCUT2D eigenvalue weighted by Gasteiger charge is 2.29. The van der Waals surface area contributed by atoms with Gasteiger partial charge < -0.3 is 25.6 Å². The maximum absolute atomic E-state index is 10.2. The number of benzene rings is 2. The van der Waals surface area contributed by atoms with E-state index in [1.807, 2.05) is 39.8 Å². The number of allylic oxidation sites excluding steroid dienone is 1. The number of para-hydroxylation sites is 2.